The second kappa shape index (κ2) is 3.95. The number of rotatable bonds is 1. The fraction of sp³-hybridized carbons (Fsp3) is 0.200. The maximum atomic E-state index is 12.7. The van der Waals surface area contributed by atoms with Crippen LogP contribution in [0.2, 0.25) is 0 Å². The summed E-state index contributed by atoms with van der Waals surface area (Å²) in [6.07, 6.45) is 2.03. The minimum Gasteiger partial charge on any atom is -0.257 e. The molecule has 0 aliphatic carbocycles. The molecule has 0 saturated heterocycles. The molecule has 0 N–H and O–H groups in total. The van der Waals surface area contributed by atoms with Crippen molar-refractivity contribution in [2.75, 3.05) is 0 Å². The summed E-state index contributed by atoms with van der Waals surface area (Å²) in [5.41, 5.74) is 2.39. The van der Waals surface area contributed by atoms with Crippen molar-refractivity contribution in [1.29, 1.82) is 0 Å². The lowest BCUT2D eigenvalue weighted by Crippen LogP contribution is -1.92. The molecule has 1 aliphatic heterocycles. The minimum atomic E-state index is -0.186. The molecule has 14 heavy (non-hydrogen) atoms. The number of hydrogen-bond acceptors (Lipinski definition) is 2. The lowest BCUT2D eigenvalue weighted by molar-refractivity contribution is 0.627. The molecule has 0 amide bonds. The quantitative estimate of drug-likeness (QED) is 0.561. The largest absolute Gasteiger partial charge is 0.257 e. The zero-order chi connectivity index (χ0) is 10.1. The van der Waals surface area contributed by atoms with Crippen molar-refractivity contribution in [1.82, 2.24) is 3.33 Å². The maximum Gasteiger partial charge on any atom is 0.123 e. The summed E-state index contributed by atoms with van der Waals surface area (Å²) >= 11 is 5.04. The van der Waals surface area contributed by atoms with Crippen LogP contribution in [0.25, 0.3) is 0 Å². The first kappa shape index (κ1) is 10.1. The number of benzene rings is 1. The fourth-order valence-electron chi connectivity index (χ4n) is 1.40. The molecule has 0 bridgehead atoms. The van der Waals surface area contributed by atoms with Gasteiger partial charge in [0.1, 0.15) is 5.82 Å². The third kappa shape index (κ3) is 1.96. The van der Waals surface area contributed by atoms with Crippen LogP contribution >= 0.6 is 28.1 Å². The average molecular weight is 274 g/mol. The van der Waals surface area contributed by atoms with Gasteiger partial charge >= 0.3 is 0 Å². The van der Waals surface area contributed by atoms with Crippen LogP contribution in [0.3, 0.4) is 0 Å². The van der Waals surface area contributed by atoms with Gasteiger partial charge in [0.15, 0.2) is 0 Å². The highest BCUT2D eigenvalue weighted by Gasteiger charge is 2.22. The van der Waals surface area contributed by atoms with Crippen molar-refractivity contribution < 1.29 is 4.39 Å². The molecule has 1 aromatic carbocycles. The third-order valence-electron chi connectivity index (χ3n) is 2.10. The van der Waals surface area contributed by atoms with E-state index in [1.165, 1.54) is 17.7 Å². The molecule has 1 aromatic rings. The number of nitrogens with zero attached hydrogens (tertiary/aromatic N) is 1. The Balaban J connectivity index is 2.25. The lowest BCUT2D eigenvalue weighted by atomic mass is 10.1. The van der Waals surface area contributed by atoms with Gasteiger partial charge in [0, 0.05) is 6.20 Å². The fourth-order valence-corrected chi connectivity index (χ4v) is 3.16. The maximum absolute atomic E-state index is 12.7. The molecule has 4 heteroatoms. The molecule has 1 unspecified atom stereocenters. The molecule has 0 spiro atoms. The van der Waals surface area contributed by atoms with E-state index >= 15 is 0 Å². The molecule has 0 radical (unpaired) electrons. The lowest BCUT2D eigenvalue weighted by Gasteiger charge is -2.11. The van der Waals surface area contributed by atoms with Gasteiger partial charge in [-0.25, -0.2) is 4.39 Å². The van der Waals surface area contributed by atoms with Gasteiger partial charge in [-0.2, -0.15) is 0 Å². The highest BCUT2D eigenvalue weighted by Crippen LogP contribution is 2.45. The van der Waals surface area contributed by atoms with E-state index in [0.29, 0.717) is 5.25 Å². The second-order valence-corrected chi connectivity index (χ2v) is 5.49. The van der Waals surface area contributed by atoms with Crippen LogP contribution in [0.1, 0.15) is 17.7 Å². The Morgan fingerprint density at radius 1 is 1.36 bits per heavy atom. The summed E-state index contributed by atoms with van der Waals surface area (Å²) in [4.78, 5) is 0. The SMILES string of the molecule is CC1=CN(Br)SC1c1ccc(F)cc1. The van der Waals surface area contributed by atoms with Crippen LogP contribution in [-0.4, -0.2) is 3.33 Å². The van der Waals surface area contributed by atoms with E-state index in [-0.39, 0.29) is 5.82 Å². The normalized spacial score (nSPS) is 21.2. The molecule has 0 aromatic heterocycles. The molecule has 1 nitrogen and oxygen atoms in total. The summed E-state index contributed by atoms with van der Waals surface area (Å²) in [6.45, 7) is 2.07. The van der Waals surface area contributed by atoms with E-state index < -0.39 is 0 Å². The number of hydrogen-bond donors (Lipinski definition) is 0. The molecule has 2 rings (SSSR count). The smallest absolute Gasteiger partial charge is 0.123 e. The summed E-state index contributed by atoms with van der Waals surface area (Å²) < 4.78 is 14.6. The first-order chi connectivity index (χ1) is 6.66. The highest BCUT2D eigenvalue weighted by molar-refractivity contribution is 9.09. The Labute approximate surface area is 95.5 Å². The van der Waals surface area contributed by atoms with Gasteiger partial charge in [-0.05, 0) is 42.1 Å². The van der Waals surface area contributed by atoms with Crippen molar-refractivity contribution >= 4 is 28.1 Å². The molecule has 1 atom stereocenters. The molecule has 0 fully saturated rings. The van der Waals surface area contributed by atoms with Crippen LogP contribution in [0, 0.1) is 5.82 Å². The van der Waals surface area contributed by atoms with E-state index in [1.54, 1.807) is 11.9 Å². The zero-order valence-corrected chi connectivity index (χ0v) is 9.98. The zero-order valence-electron chi connectivity index (χ0n) is 7.58. The molecule has 0 saturated carbocycles. The molecular weight excluding hydrogens is 265 g/mol. The van der Waals surface area contributed by atoms with Crippen molar-refractivity contribution in [3.63, 3.8) is 0 Å². The summed E-state index contributed by atoms with van der Waals surface area (Å²) in [6, 6.07) is 6.66. The van der Waals surface area contributed by atoms with Crippen LogP contribution < -0.4 is 0 Å². The van der Waals surface area contributed by atoms with E-state index in [1.807, 2.05) is 21.7 Å². The predicted molar refractivity (Wildman–Crippen MR) is 61.3 cm³/mol. The molecule has 74 valence electrons. The topological polar surface area (TPSA) is 3.24 Å². The van der Waals surface area contributed by atoms with Crippen molar-refractivity contribution in [2.24, 2.45) is 0 Å². The molecule has 1 heterocycles. The van der Waals surface area contributed by atoms with Gasteiger partial charge in [0.25, 0.3) is 0 Å². The van der Waals surface area contributed by atoms with E-state index in [2.05, 4.69) is 23.1 Å². The monoisotopic (exact) mass is 273 g/mol. The van der Waals surface area contributed by atoms with Crippen molar-refractivity contribution in [2.45, 2.75) is 12.2 Å². The third-order valence-corrected chi connectivity index (χ3v) is 3.97. The van der Waals surface area contributed by atoms with Gasteiger partial charge in [0.05, 0.1) is 21.4 Å². The Morgan fingerprint density at radius 3 is 2.50 bits per heavy atom. The Kier molecular flexibility index (Phi) is 2.83. The van der Waals surface area contributed by atoms with E-state index in [4.69, 9.17) is 0 Å². The van der Waals surface area contributed by atoms with Crippen molar-refractivity contribution in [3.8, 4) is 0 Å². The minimum absolute atomic E-state index is 0.186. The first-order valence-electron chi connectivity index (χ1n) is 4.22. The van der Waals surface area contributed by atoms with Gasteiger partial charge in [0.2, 0.25) is 0 Å². The first-order valence-corrected chi connectivity index (χ1v) is 5.77. The highest BCUT2D eigenvalue weighted by atomic mass is 79.9. The van der Waals surface area contributed by atoms with Crippen LogP contribution in [0.15, 0.2) is 36.0 Å². The Bertz CT molecular complexity index is 363. The molecule has 1 aliphatic rings. The van der Waals surface area contributed by atoms with E-state index in [0.717, 1.165) is 5.56 Å². The average Bonchev–Trinajstić information content (AvgIpc) is 2.47. The second-order valence-electron chi connectivity index (χ2n) is 3.18. The van der Waals surface area contributed by atoms with Crippen LogP contribution in [0.5, 0.6) is 0 Å². The summed E-state index contributed by atoms with van der Waals surface area (Å²) in [5, 5.41) is 0.301. The molecular formula is C10H9BrFNS. The predicted octanol–water partition coefficient (Wildman–Crippen LogP) is 4.04. The van der Waals surface area contributed by atoms with E-state index in [9.17, 15) is 4.39 Å². The van der Waals surface area contributed by atoms with Gasteiger partial charge < -0.3 is 0 Å². The van der Waals surface area contributed by atoms with Crippen molar-refractivity contribution in [3.05, 3.63) is 47.4 Å². The van der Waals surface area contributed by atoms with Crippen LogP contribution in [0.4, 0.5) is 4.39 Å². The van der Waals surface area contributed by atoms with Gasteiger partial charge in [-0.15, -0.1) is 0 Å². The summed E-state index contributed by atoms with van der Waals surface area (Å²) in [5.74, 6) is -0.186. The standard InChI is InChI=1S/C10H9BrFNS/c1-7-6-13(11)14-10(7)8-2-4-9(12)5-3-8/h2-6,10H,1H3. The Hall–Kier alpha value is -0.480. The number of halogens is 2. The van der Waals surface area contributed by atoms with Crippen LogP contribution in [-0.2, 0) is 0 Å². The Morgan fingerprint density at radius 2 is 2.00 bits per heavy atom. The van der Waals surface area contributed by atoms with Gasteiger partial charge in [-0.1, -0.05) is 12.1 Å². The van der Waals surface area contributed by atoms with Gasteiger partial charge in [-0.3, -0.25) is 3.33 Å². The summed E-state index contributed by atoms with van der Waals surface area (Å²) in [7, 11) is 0.